The van der Waals surface area contributed by atoms with Crippen molar-refractivity contribution in [3.8, 4) is 0 Å². The van der Waals surface area contributed by atoms with Gasteiger partial charge in [-0.3, -0.25) is 4.79 Å². The molecule has 2 N–H and O–H groups in total. The highest BCUT2D eigenvalue weighted by Gasteiger charge is 2.22. The number of carbonyl (C=O) groups excluding carboxylic acids is 1. The molecule has 0 aromatic carbocycles. The average Bonchev–Trinajstić information content (AvgIpc) is 2.08. The number of esters is 1. The van der Waals surface area contributed by atoms with Gasteiger partial charge in [-0.1, -0.05) is 6.92 Å². The van der Waals surface area contributed by atoms with Crippen molar-refractivity contribution in [3.63, 3.8) is 0 Å². The van der Waals surface area contributed by atoms with Crippen LogP contribution in [0.5, 0.6) is 0 Å². The van der Waals surface area contributed by atoms with Crippen LogP contribution in [0.1, 0.15) is 39.5 Å². The molecular weight excluding hydrogens is 166 g/mol. The first-order valence-electron chi connectivity index (χ1n) is 5.05. The predicted octanol–water partition coefficient (Wildman–Crippen LogP) is 1.46. The fourth-order valence-corrected chi connectivity index (χ4v) is 1.62. The molecule has 0 heterocycles. The maximum Gasteiger partial charge on any atom is 0.322 e. The largest absolute Gasteiger partial charge is 0.461 e. The Morgan fingerprint density at radius 1 is 1.38 bits per heavy atom. The van der Waals surface area contributed by atoms with Gasteiger partial charge in [-0.05, 0) is 38.5 Å². The molecule has 1 saturated carbocycles. The van der Waals surface area contributed by atoms with E-state index in [0.29, 0.717) is 0 Å². The van der Waals surface area contributed by atoms with Gasteiger partial charge in [-0.15, -0.1) is 0 Å². The molecule has 1 rings (SSSR count). The molecule has 3 heteroatoms. The van der Waals surface area contributed by atoms with Gasteiger partial charge in [0.15, 0.2) is 0 Å². The van der Waals surface area contributed by atoms with Crippen LogP contribution in [0.3, 0.4) is 0 Å². The molecule has 0 radical (unpaired) electrons. The first kappa shape index (κ1) is 10.5. The summed E-state index contributed by atoms with van der Waals surface area (Å²) >= 11 is 0. The third-order valence-corrected chi connectivity index (χ3v) is 2.62. The van der Waals surface area contributed by atoms with E-state index in [9.17, 15) is 4.79 Å². The van der Waals surface area contributed by atoms with Crippen LogP contribution in [-0.4, -0.2) is 18.1 Å². The third-order valence-electron chi connectivity index (χ3n) is 2.62. The molecular formula is C10H19NO2. The number of hydrogen-bond acceptors (Lipinski definition) is 3. The highest BCUT2D eigenvalue weighted by Crippen LogP contribution is 2.25. The highest BCUT2D eigenvalue weighted by atomic mass is 16.5. The van der Waals surface area contributed by atoms with Gasteiger partial charge in [-0.2, -0.15) is 0 Å². The molecule has 76 valence electrons. The lowest BCUT2D eigenvalue weighted by atomic mass is 9.89. The Hall–Kier alpha value is -0.570. The van der Waals surface area contributed by atoms with Gasteiger partial charge < -0.3 is 10.5 Å². The van der Waals surface area contributed by atoms with E-state index >= 15 is 0 Å². The summed E-state index contributed by atoms with van der Waals surface area (Å²) in [7, 11) is 0. The molecule has 0 bridgehead atoms. The Bertz CT molecular complexity index is 172. The predicted molar refractivity (Wildman–Crippen MR) is 51.2 cm³/mol. The monoisotopic (exact) mass is 185 g/mol. The first-order valence-corrected chi connectivity index (χ1v) is 5.05. The van der Waals surface area contributed by atoms with Crippen molar-refractivity contribution in [2.24, 2.45) is 11.7 Å². The van der Waals surface area contributed by atoms with Crippen molar-refractivity contribution >= 4 is 5.97 Å². The van der Waals surface area contributed by atoms with E-state index in [1.165, 1.54) is 0 Å². The second kappa shape index (κ2) is 4.61. The minimum Gasteiger partial charge on any atom is -0.461 e. The van der Waals surface area contributed by atoms with Gasteiger partial charge in [0.05, 0.1) is 0 Å². The van der Waals surface area contributed by atoms with Gasteiger partial charge in [0, 0.05) is 0 Å². The minimum absolute atomic E-state index is 0.120. The fraction of sp³-hybridized carbons (Fsp3) is 0.900. The van der Waals surface area contributed by atoms with Crippen molar-refractivity contribution in [2.75, 3.05) is 0 Å². The van der Waals surface area contributed by atoms with Crippen LogP contribution in [0.4, 0.5) is 0 Å². The van der Waals surface area contributed by atoms with E-state index in [2.05, 4.69) is 6.92 Å². The van der Waals surface area contributed by atoms with Crippen molar-refractivity contribution in [1.29, 1.82) is 0 Å². The van der Waals surface area contributed by atoms with Crippen LogP contribution in [0, 0.1) is 5.92 Å². The Morgan fingerprint density at radius 2 is 1.92 bits per heavy atom. The normalized spacial score (nSPS) is 31.0. The zero-order chi connectivity index (χ0) is 9.84. The Kier molecular flexibility index (Phi) is 3.72. The van der Waals surface area contributed by atoms with Crippen LogP contribution in [-0.2, 0) is 9.53 Å². The maximum absolute atomic E-state index is 11.1. The molecule has 0 spiro atoms. The van der Waals surface area contributed by atoms with E-state index in [-0.39, 0.29) is 12.1 Å². The van der Waals surface area contributed by atoms with Crippen LogP contribution in [0.15, 0.2) is 0 Å². The van der Waals surface area contributed by atoms with Crippen molar-refractivity contribution < 1.29 is 9.53 Å². The van der Waals surface area contributed by atoms with Gasteiger partial charge >= 0.3 is 5.97 Å². The molecule has 13 heavy (non-hydrogen) atoms. The molecule has 0 saturated heterocycles. The maximum atomic E-state index is 11.1. The van der Waals surface area contributed by atoms with Crippen LogP contribution >= 0.6 is 0 Å². The third kappa shape index (κ3) is 3.35. The van der Waals surface area contributed by atoms with Crippen LogP contribution in [0.25, 0.3) is 0 Å². The van der Waals surface area contributed by atoms with E-state index in [1.807, 2.05) is 0 Å². The standard InChI is InChI=1S/C10H19NO2/c1-7-3-5-9(6-4-7)13-10(12)8(2)11/h7-9H,3-6,11H2,1-2H3/t7?,8-,9?/m0/s1. The lowest BCUT2D eigenvalue weighted by Gasteiger charge is -2.26. The summed E-state index contributed by atoms with van der Waals surface area (Å²) in [5.74, 6) is 0.518. The quantitative estimate of drug-likeness (QED) is 0.662. The smallest absolute Gasteiger partial charge is 0.322 e. The second-order valence-corrected chi connectivity index (χ2v) is 4.11. The highest BCUT2D eigenvalue weighted by molar-refractivity contribution is 5.75. The molecule has 0 aromatic rings. The van der Waals surface area contributed by atoms with Gasteiger partial charge in [0.25, 0.3) is 0 Å². The number of rotatable bonds is 2. The number of nitrogens with two attached hydrogens (primary N) is 1. The minimum atomic E-state index is -0.487. The van der Waals surface area contributed by atoms with Crippen molar-refractivity contribution in [2.45, 2.75) is 51.7 Å². The average molecular weight is 185 g/mol. The second-order valence-electron chi connectivity index (χ2n) is 4.11. The fourth-order valence-electron chi connectivity index (χ4n) is 1.62. The van der Waals surface area contributed by atoms with Gasteiger partial charge in [0.1, 0.15) is 12.1 Å². The molecule has 1 aliphatic rings. The molecule has 1 atom stereocenters. The van der Waals surface area contributed by atoms with Crippen molar-refractivity contribution in [1.82, 2.24) is 0 Å². The molecule has 1 aliphatic carbocycles. The number of hydrogen-bond donors (Lipinski definition) is 1. The number of carbonyl (C=O) groups is 1. The SMILES string of the molecule is CC1CCC(OC(=O)[C@H](C)N)CC1. The van der Waals surface area contributed by atoms with E-state index in [4.69, 9.17) is 10.5 Å². The van der Waals surface area contributed by atoms with Crippen LogP contribution in [0.2, 0.25) is 0 Å². The van der Waals surface area contributed by atoms with Gasteiger partial charge in [0.2, 0.25) is 0 Å². The lowest BCUT2D eigenvalue weighted by Crippen LogP contribution is -2.33. The zero-order valence-electron chi connectivity index (χ0n) is 8.45. The zero-order valence-corrected chi connectivity index (χ0v) is 8.45. The summed E-state index contributed by atoms with van der Waals surface area (Å²) in [5.41, 5.74) is 5.41. The summed E-state index contributed by atoms with van der Waals surface area (Å²) in [6.07, 6.45) is 4.45. The summed E-state index contributed by atoms with van der Waals surface area (Å²) in [6, 6.07) is -0.487. The van der Waals surface area contributed by atoms with E-state index in [1.54, 1.807) is 6.92 Å². The first-order chi connectivity index (χ1) is 6.09. The molecule has 0 aromatic heterocycles. The Labute approximate surface area is 79.6 Å². The summed E-state index contributed by atoms with van der Waals surface area (Å²) < 4.78 is 5.24. The van der Waals surface area contributed by atoms with Gasteiger partial charge in [-0.25, -0.2) is 0 Å². The summed E-state index contributed by atoms with van der Waals surface area (Å²) in [4.78, 5) is 11.1. The molecule has 0 aliphatic heterocycles. The lowest BCUT2D eigenvalue weighted by molar-refractivity contribution is -0.152. The van der Waals surface area contributed by atoms with Crippen LogP contribution < -0.4 is 5.73 Å². The Morgan fingerprint density at radius 3 is 2.38 bits per heavy atom. The van der Waals surface area contributed by atoms with Crippen molar-refractivity contribution in [3.05, 3.63) is 0 Å². The molecule has 0 amide bonds. The molecule has 0 unspecified atom stereocenters. The summed E-state index contributed by atoms with van der Waals surface area (Å²) in [6.45, 7) is 3.90. The van der Waals surface area contributed by atoms with E-state index < -0.39 is 6.04 Å². The summed E-state index contributed by atoms with van der Waals surface area (Å²) in [5, 5.41) is 0. The van der Waals surface area contributed by atoms with E-state index in [0.717, 1.165) is 31.6 Å². The Balaban J connectivity index is 2.26. The molecule has 1 fully saturated rings. The topological polar surface area (TPSA) is 52.3 Å². The molecule has 3 nitrogen and oxygen atoms in total. The number of ether oxygens (including phenoxy) is 1.